The molecule has 1 aromatic heterocycles. The van der Waals surface area contributed by atoms with Crippen molar-refractivity contribution in [3.8, 4) is 5.75 Å². The summed E-state index contributed by atoms with van der Waals surface area (Å²) in [4.78, 5) is 23.1. The van der Waals surface area contributed by atoms with Crippen LogP contribution >= 0.6 is 0 Å². The van der Waals surface area contributed by atoms with Gasteiger partial charge >= 0.3 is 5.97 Å². The smallest absolute Gasteiger partial charge is 0.331 e. The third-order valence-electron chi connectivity index (χ3n) is 2.92. The van der Waals surface area contributed by atoms with Gasteiger partial charge in [0.2, 0.25) is 0 Å². The van der Waals surface area contributed by atoms with Crippen molar-refractivity contribution in [2.24, 2.45) is 0 Å². The second-order valence-corrected chi connectivity index (χ2v) is 4.54. The number of amides is 1. The highest BCUT2D eigenvalue weighted by atomic mass is 16.5. The molecule has 6 heteroatoms. The van der Waals surface area contributed by atoms with E-state index in [0.717, 1.165) is 5.56 Å². The van der Waals surface area contributed by atoms with Gasteiger partial charge in [0.05, 0.1) is 19.9 Å². The van der Waals surface area contributed by atoms with E-state index < -0.39 is 11.9 Å². The van der Waals surface area contributed by atoms with E-state index in [-0.39, 0.29) is 13.2 Å². The Balaban J connectivity index is 1.76. The second-order valence-electron chi connectivity index (χ2n) is 4.54. The summed E-state index contributed by atoms with van der Waals surface area (Å²) in [6.07, 6.45) is 4.34. The normalized spacial score (nSPS) is 10.5. The third-order valence-corrected chi connectivity index (χ3v) is 2.92. The Labute approximate surface area is 133 Å². The lowest BCUT2D eigenvalue weighted by Gasteiger charge is -2.04. The highest BCUT2D eigenvalue weighted by Crippen LogP contribution is 2.18. The zero-order valence-electron chi connectivity index (χ0n) is 12.7. The molecule has 0 saturated heterocycles. The molecule has 1 aromatic carbocycles. The summed E-state index contributed by atoms with van der Waals surface area (Å²) in [6, 6.07) is 10.7. The molecule has 0 fully saturated rings. The third kappa shape index (κ3) is 5.35. The first-order valence-corrected chi connectivity index (χ1v) is 6.96. The monoisotopic (exact) mass is 315 g/mol. The molecule has 0 unspecified atom stereocenters. The Morgan fingerprint density at radius 3 is 2.78 bits per heavy atom. The van der Waals surface area contributed by atoms with Crippen molar-refractivity contribution < 1.29 is 23.5 Å². The number of benzene rings is 1. The summed E-state index contributed by atoms with van der Waals surface area (Å²) in [5.74, 6) is 0.262. The molecule has 2 aromatic rings. The van der Waals surface area contributed by atoms with Crippen LogP contribution in [0.1, 0.15) is 11.3 Å². The minimum absolute atomic E-state index is 0.250. The molecule has 0 radical (unpaired) electrons. The number of furan rings is 1. The standard InChI is InChI=1S/C17H17NO5/c1-21-15-7-3-2-5-13(15)8-9-17(20)23-12-16(19)18-11-14-6-4-10-22-14/h2-10H,11-12H2,1H3,(H,18,19). The van der Waals surface area contributed by atoms with Gasteiger partial charge in [0.25, 0.3) is 5.91 Å². The number of esters is 1. The number of hydrogen-bond donors (Lipinski definition) is 1. The Bertz CT molecular complexity index is 676. The summed E-state index contributed by atoms with van der Waals surface area (Å²) >= 11 is 0. The van der Waals surface area contributed by atoms with Gasteiger partial charge in [-0.1, -0.05) is 18.2 Å². The molecule has 1 heterocycles. The predicted molar refractivity (Wildman–Crippen MR) is 83.5 cm³/mol. The molecule has 0 saturated carbocycles. The van der Waals surface area contributed by atoms with Crippen LogP contribution in [0.5, 0.6) is 5.75 Å². The minimum Gasteiger partial charge on any atom is -0.496 e. The molecule has 23 heavy (non-hydrogen) atoms. The molecule has 2 rings (SSSR count). The quantitative estimate of drug-likeness (QED) is 0.626. The lowest BCUT2D eigenvalue weighted by atomic mass is 10.2. The Hall–Kier alpha value is -3.02. The van der Waals surface area contributed by atoms with Crippen LogP contribution in [0.3, 0.4) is 0 Å². The van der Waals surface area contributed by atoms with Gasteiger partial charge in [-0.25, -0.2) is 4.79 Å². The summed E-state index contributed by atoms with van der Waals surface area (Å²) in [6.45, 7) is -0.101. The molecule has 0 aliphatic carbocycles. The van der Waals surface area contributed by atoms with Crippen LogP contribution in [-0.4, -0.2) is 25.6 Å². The van der Waals surface area contributed by atoms with E-state index in [2.05, 4.69) is 5.32 Å². The number of hydrogen-bond acceptors (Lipinski definition) is 5. The molecule has 120 valence electrons. The maximum absolute atomic E-state index is 11.6. The van der Waals surface area contributed by atoms with Crippen LogP contribution in [0.2, 0.25) is 0 Å². The van der Waals surface area contributed by atoms with Crippen LogP contribution in [0.15, 0.2) is 53.2 Å². The summed E-state index contributed by atoms with van der Waals surface area (Å²) in [7, 11) is 1.55. The van der Waals surface area contributed by atoms with Gasteiger partial charge in [0.1, 0.15) is 11.5 Å². The van der Waals surface area contributed by atoms with Gasteiger partial charge in [-0.15, -0.1) is 0 Å². The average Bonchev–Trinajstić information content (AvgIpc) is 3.10. The van der Waals surface area contributed by atoms with Crippen molar-refractivity contribution in [2.45, 2.75) is 6.54 Å². The molecule has 0 atom stereocenters. The lowest BCUT2D eigenvalue weighted by molar-refractivity contribution is -0.143. The highest BCUT2D eigenvalue weighted by molar-refractivity contribution is 5.89. The first kappa shape index (κ1) is 16.4. The number of methoxy groups -OCH3 is 1. The molecule has 0 aliphatic heterocycles. The summed E-state index contributed by atoms with van der Waals surface area (Å²) in [5.41, 5.74) is 0.745. The van der Waals surface area contributed by atoms with Crippen molar-refractivity contribution in [3.63, 3.8) is 0 Å². The minimum atomic E-state index is -0.607. The van der Waals surface area contributed by atoms with E-state index in [1.165, 1.54) is 12.3 Å². The van der Waals surface area contributed by atoms with Gasteiger partial charge in [-0.05, 0) is 24.3 Å². The number of rotatable bonds is 7. The van der Waals surface area contributed by atoms with Crippen LogP contribution < -0.4 is 10.1 Å². The predicted octanol–water partition coefficient (Wildman–Crippen LogP) is 2.16. The van der Waals surface area contributed by atoms with Crippen LogP contribution in [-0.2, 0) is 20.9 Å². The zero-order valence-corrected chi connectivity index (χ0v) is 12.7. The molecular formula is C17H17NO5. The molecule has 0 aliphatic rings. The van der Waals surface area contributed by atoms with Gasteiger partial charge in [0, 0.05) is 11.6 Å². The Kier molecular flexibility index (Phi) is 5.99. The van der Waals surface area contributed by atoms with Crippen LogP contribution in [0, 0.1) is 0 Å². The van der Waals surface area contributed by atoms with Gasteiger partial charge in [0.15, 0.2) is 6.61 Å². The fourth-order valence-electron chi connectivity index (χ4n) is 1.80. The number of para-hydroxylation sites is 1. The fourth-order valence-corrected chi connectivity index (χ4v) is 1.80. The fraction of sp³-hybridized carbons (Fsp3) is 0.176. The number of carbonyl (C=O) groups is 2. The van der Waals surface area contributed by atoms with E-state index in [4.69, 9.17) is 13.9 Å². The van der Waals surface area contributed by atoms with Gasteiger partial charge in [-0.3, -0.25) is 4.79 Å². The van der Waals surface area contributed by atoms with E-state index in [1.807, 2.05) is 12.1 Å². The van der Waals surface area contributed by atoms with E-state index in [9.17, 15) is 9.59 Å². The molecule has 1 amide bonds. The van der Waals surface area contributed by atoms with Crippen molar-refractivity contribution in [1.82, 2.24) is 5.32 Å². The first-order chi connectivity index (χ1) is 11.2. The Morgan fingerprint density at radius 1 is 1.22 bits per heavy atom. The van der Waals surface area contributed by atoms with Crippen LogP contribution in [0.25, 0.3) is 6.08 Å². The Morgan fingerprint density at radius 2 is 2.04 bits per heavy atom. The molecular weight excluding hydrogens is 298 g/mol. The average molecular weight is 315 g/mol. The van der Waals surface area contributed by atoms with Gasteiger partial charge in [-0.2, -0.15) is 0 Å². The van der Waals surface area contributed by atoms with Crippen molar-refractivity contribution in [2.75, 3.05) is 13.7 Å². The number of carbonyl (C=O) groups excluding carboxylic acids is 2. The second kappa shape index (κ2) is 8.43. The molecule has 0 bridgehead atoms. The maximum Gasteiger partial charge on any atom is 0.331 e. The topological polar surface area (TPSA) is 77.8 Å². The summed E-state index contributed by atoms with van der Waals surface area (Å²) < 4.78 is 15.1. The van der Waals surface area contributed by atoms with E-state index >= 15 is 0 Å². The van der Waals surface area contributed by atoms with Gasteiger partial charge < -0.3 is 19.2 Å². The lowest BCUT2D eigenvalue weighted by Crippen LogP contribution is -2.27. The van der Waals surface area contributed by atoms with E-state index in [0.29, 0.717) is 11.5 Å². The van der Waals surface area contributed by atoms with E-state index in [1.54, 1.807) is 37.5 Å². The largest absolute Gasteiger partial charge is 0.496 e. The number of nitrogens with one attached hydrogen (secondary N) is 1. The summed E-state index contributed by atoms with van der Waals surface area (Å²) in [5, 5.41) is 2.58. The molecule has 1 N–H and O–H groups in total. The zero-order chi connectivity index (χ0) is 16.5. The van der Waals surface area contributed by atoms with Crippen molar-refractivity contribution in [1.29, 1.82) is 0 Å². The maximum atomic E-state index is 11.6. The SMILES string of the molecule is COc1ccccc1C=CC(=O)OCC(=O)NCc1ccco1. The number of ether oxygens (including phenoxy) is 2. The highest BCUT2D eigenvalue weighted by Gasteiger charge is 2.06. The molecule has 6 nitrogen and oxygen atoms in total. The van der Waals surface area contributed by atoms with Crippen molar-refractivity contribution >= 4 is 18.0 Å². The first-order valence-electron chi connectivity index (χ1n) is 6.96. The van der Waals surface area contributed by atoms with Crippen molar-refractivity contribution in [3.05, 3.63) is 60.1 Å². The molecule has 0 spiro atoms. The van der Waals surface area contributed by atoms with Crippen LogP contribution in [0.4, 0.5) is 0 Å².